The predicted octanol–water partition coefficient (Wildman–Crippen LogP) is 2.95. The molecule has 2 aliphatic heterocycles. The van der Waals surface area contributed by atoms with Crippen LogP contribution < -0.4 is 15.1 Å². The number of rotatable bonds is 2. The molecule has 142 valence electrons. The first-order valence-electron chi connectivity index (χ1n) is 9.57. The van der Waals surface area contributed by atoms with Gasteiger partial charge in [0.2, 0.25) is 0 Å². The molecule has 6 nitrogen and oxygen atoms in total. The van der Waals surface area contributed by atoms with E-state index in [9.17, 15) is 4.79 Å². The number of para-hydroxylation sites is 2. The summed E-state index contributed by atoms with van der Waals surface area (Å²) in [5.74, 6) is 0.860. The van der Waals surface area contributed by atoms with Crippen LogP contribution in [0, 0.1) is 0 Å². The van der Waals surface area contributed by atoms with Crippen molar-refractivity contribution in [3.63, 3.8) is 0 Å². The number of anilines is 2. The van der Waals surface area contributed by atoms with Crippen LogP contribution in [0.1, 0.15) is 22.1 Å². The van der Waals surface area contributed by atoms with Crippen LogP contribution in [0.25, 0.3) is 10.9 Å². The maximum absolute atomic E-state index is 12.8. The fraction of sp³-hybridized carbons (Fsp3) is 0.273. The molecule has 0 bridgehead atoms. The molecule has 0 unspecified atom stereocenters. The molecule has 0 saturated carbocycles. The van der Waals surface area contributed by atoms with E-state index in [1.165, 1.54) is 0 Å². The molecule has 0 radical (unpaired) electrons. The van der Waals surface area contributed by atoms with Gasteiger partial charge in [0.15, 0.2) is 0 Å². The maximum atomic E-state index is 12.8. The van der Waals surface area contributed by atoms with E-state index >= 15 is 0 Å². The standard InChI is InChI=1S/C22H22N4O2/c1-25-19-9-5-3-7-16(19)22(27)24-20(25)17-14-15-6-2-4-8-18(15)23-21(17)26-10-12-28-13-11-26/h2-9,14,20H,10-13H2,1H3,(H,24,27)/t20-/m1/s1. The van der Waals surface area contributed by atoms with Crippen molar-refractivity contribution in [3.05, 3.63) is 65.7 Å². The van der Waals surface area contributed by atoms with E-state index in [1.54, 1.807) is 0 Å². The van der Waals surface area contributed by atoms with Crippen LogP contribution in [-0.2, 0) is 4.74 Å². The third-order valence-corrected chi connectivity index (χ3v) is 5.52. The molecule has 0 spiro atoms. The third kappa shape index (κ3) is 2.77. The molecule has 1 aromatic heterocycles. The first-order valence-corrected chi connectivity index (χ1v) is 9.57. The Kier molecular flexibility index (Phi) is 4.13. The van der Waals surface area contributed by atoms with Crippen molar-refractivity contribution in [3.8, 4) is 0 Å². The van der Waals surface area contributed by atoms with Gasteiger partial charge in [-0.3, -0.25) is 4.79 Å². The van der Waals surface area contributed by atoms with Gasteiger partial charge in [-0.15, -0.1) is 0 Å². The summed E-state index contributed by atoms with van der Waals surface area (Å²) in [6.45, 7) is 2.95. The molecule has 2 aliphatic rings. The van der Waals surface area contributed by atoms with Gasteiger partial charge in [0.05, 0.1) is 30.0 Å². The fourth-order valence-corrected chi connectivity index (χ4v) is 4.05. The van der Waals surface area contributed by atoms with Crippen LogP contribution in [-0.4, -0.2) is 44.2 Å². The van der Waals surface area contributed by atoms with Crippen LogP contribution in [0.3, 0.4) is 0 Å². The van der Waals surface area contributed by atoms with Crippen molar-refractivity contribution < 1.29 is 9.53 Å². The zero-order valence-corrected chi connectivity index (χ0v) is 15.8. The average molecular weight is 374 g/mol. The number of pyridine rings is 1. The smallest absolute Gasteiger partial charge is 0.255 e. The summed E-state index contributed by atoms with van der Waals surface area (Å²) in [6.07, 6.45) is -0.280. The highest BCUT2D eigenvalue weighted by atomic mass is 16.5. The second-order valence-corrected chi connectivity index (χ2v) is 7.20. The number of aromatic nitrogens is 1. The average Bonchev–Trinajstić information content (AvgIpc) is 2.76. The number of hydrogen-bond donors (Lipinski definition) is 1. The molecule has 0 aliphatic carbocycles. The van der Waals surface area contributed by atoms with Crippen LogP contribution in [0.2, 0.25) is 0 Å². The highest BCUT2D eigenvalue weighted by molar-refractivity contribution is 6.02. The Labute approximate surface area is 163 Å². The first kappa shape index (κ1) is 17.0. The number of carbonyl (C=O) groups excluding carboxylic acids is 1. The molecule has 1 saturated heterocycles. The molecule has 2 aromatic carbocycles. The Morgan fingerprint density at radius 1 is 1.07 bits per heavy atom. The molecule has 3 heterocycles. The highest BCUT2D eigenvalue weighted by Gasteiger charge is 2.32. The number of ether oxygens (including phenoxy) is 1. The second kappa shape index (κ2) is 6.80. The second-order valence-electron chi connectivity index (χ2n) is 7.20. The zero-order chi connectivity index (χ0) is 19.1. The van der Waals surface area contributed by atoms with Gasteiger partial charge >= 0.3 is 0 Å². The Bertz CT molecular complexity index is 1050. The molecular formula is C22H22N4O2. The predicted molar refractivity (Wildman–Crippen MR) is 110 cm³/mol. The third-order valence-electron chi connectivity index (χ3n) is 5.52. The van der Waals surface area contributed by atoms with E-state index in [0.29, 0.717) is 18.8 Å². The molecule has 1 amide bonds. The molecule has 6 heteroatoms. The maximum Gasteiger partial charge on any atom is 0.255 e. The van der Waals surface area contributed by atoms with Crippen molar-refractivity contribution in [2.45, 2.75) is 6.17 Å². The highest BCUT2D eigenvalue weighted by Crippen LogP contribution is 2.36. The van der Waals surface area contributed by atoms with Crippen LogP contribution in [0.4, 0.5) is 11.5 Å². The summed E-state index contributed by atoms with van der Waals surface area (Å²) >= 11 is 0. The van der Waals surface area contributed by atoms with Gasteiger partial charge in [-0.05, 0) is 24.3 Å². The fourth-order valence-electron chi connectivity index (χ4n) is 4.05. The summed E-state index contributed by atoms with van der Waals surface area (Å²) in [4.78, 5) is 22.1. The van der Waals surface area contributed by atoms with Gasteiger partial charge in [0.1, 0.15) is 12.0 Å². The number of amides is 1. The Hall–Kier alpha value is -3.12. The molecule has 5 rings (SSSR count). The summed E-state index contributed by atoms with van der Waals surface area (Å²) in [5, 5.41) is 4.24. The van der Waals surface area contributed by atoms with Gasteiger partial charge < -0.3 is 19.9 Å². The van der Waals surface area contributed by atoms with Gasteiger partial charge in [0.25, 0.3) is 5.91 Å². The van der Waals surface area contributed by atoms with Crippen molar-refractivity contribution in [1.29, 1.82) is 0 Å². The minimum atomic E-state index is -0.280. The lowest BCUT2D eigenvalue weighted by Crippen LogP contribution is -2.46. The van der Waals surface area contributed by atoms with Crippen LogP contribution >= 0.6 is 0 Å². The minimum absolute atomic E-state index is 0.0558. The number of morpholine rings is 1. The normalized spacial score (nSPS) is 19.5. The monoisotopic (exact) mass is 374 g/mol. The van der Waals surface area contributed by atoms with Crippen molar-refractivity contribution in [1.82, 2.24) is 10.3 Å². The number of benzene rings is 2. The van der Waals surface area contributed by atoms with Crippen LogP contribution in [0.15, 0.2) is 54.6 Å². The van der Waals surface area contributed by atoms with Crippen molar-refractivity contribution in [2.24, 2.45) is 0 Å². The number of carbonyl (C=O) groups is 1. The molecule has 1 atom stereocenters. The van der Waals surface area contributed by atoms with E-state index in [-0.39, 0.29) is 12.1 Å². The van der Waals surface area contributed by atoms with Gasteiger partial charge in [0, 0.05) is 31.1 Å². The summed E-state index contributed by atoms with van der Waals surface area (Å²) in [5.41, 5.74) is 3.59. The summed E-state index contributed by atoms with van der Waals surface area (Å²) in [7, 11) is 2.02. The molecule has 1 fully saturated rings. The van der Waals surface area contributed by atoms with Crippen molar-refractivity contribution >= 4 is 28.3 Å². The van der Waals surface area contributed by atoms with E-state index in [4.69, 9.17) is 9.72 Å². The Balaban J connectivity index is 1.66. The molecule has 1 N–H and O–H groups in total. The van der Waals surface area contributed by atoms with Gasteiger partial charge in [-0.2, -0.15) is 0 Å². The van der Waals surface area contributed by atoms with E-state index in [1.807, 2.05) is 49.5 Å². The van der Waals surface area contributed by atoms with E-state index in [2.05, 4.69) is 27.2 Å². The lowest BCUT2D eigenvalue weighted by Gasteiger charge is -2.39. The number of hydrogen-bond acceptors (Lipinski definition) is 5. The van der Waals surface area contributed by atoms with Crippen molar-refractivity contribution in [2.75, 3.05) is 43.2 Å². The lowest BCUT2D eigenvalue weighted by atomic mass is 10.0. The van der Waals surface area contributed by atoms with E-state index < -0.39 is 0 Å². The summed E-state index contributed by atoms with van der Waals surface area (Å²) in [6, 6.07) is 18.0. The number of nitrogens with zero attached hydrogens (tertiary/aromatic N) is 3. The molecule has 3 aromatic rings. The number of fused-ring (bicyclic) bond motifs is 2. The zero-order valence-electron chi connectivity index (χ0n) is 15.8. The first-order chi connectivity index (χ1) is 13.7. The Morgan fingerprint density at radius 3 is 2.68 bits per heavy atom. The van der Waals surface area contributed by atoms with Gasteiger partial charge in [-0.25, -0.2) is 4.98 Å². The summed E-state index contributed by atoms with van der Waals surface area (Å²) < 4.78 is 5.53. The van der Waals surface area contributed by atoms with Gasteiger partial charge in [-0.1, -0.05) is 30.3 Å². The number of nitrogens with one attached hydrogen (secondary N) is 1. The molecular weight excluding hydrogens is 352 g/mol. The topological polar surface area (TPSA) is 57.7 Å². The molecule has 28 heavy (non-hydrogen) atoms. The Morgan fingerprint density at radius 2 is 1.82 bits per heavy atom. The lowest BCUT2D eigenvalue weighted by molar-refractivity contribution is 0.0927. The SMILES string of the molecule is CN1c2ccccc2C(=O)N[C@H]1c1cc2ccccc2nc1N1CCOCC1. The van der Waals surface area contributed by atoms with Crippen LogP contribution in [0.5, 0.6) is 0 Å². The minimum Gasteiger partial charge on any atom is -0.378 e. The largest absolute Gasteiger partial charge is 0.378 e. The quantitative estimate of drug-likeness (QED) is 0.747. The van der Waals surface area contributed by atoms with E-state index in [0.717, 1.165) is 41.1 Å².